The average Bonchev–Trinajstić information content (AvgIpc) is 2.23. The average molecular weight is 279 g/mol. The number of rotatable bonds is 5. The van der Waals surface area contributed by atoms with Crippen LogP contribution < -0.4 is 10.2 Å². The maximum Gasteiger partial charge on any atom is 0.405 e. The van der Waals surface area contributed by atoms with Gasteiger partial charge in [0.2, 0.25) is 0 Å². The summed E-state index contributed by atoms with van der Waals surface area (Å²) >= 11 is 0. The molecular formula is C12H17F4N3. The third kappa shape index (κ3) is 5.42. The number of nitrogens with zero attached hydrogens (tertiary/aromatic N) is 2. The minimum Gasteiger partial charge on any atom is -0.350 e. The largest absolute Gasteiger partial charge is 0.405 e. The van der Waals surface area contributed by atoms with E-state index >= 15 is 0 Å². The van der Waals surface area contributed by atoms with E-state index in [1.165, 1.54) is 13.1 Å². The summed E-state index contributed by atoms with van der Waals surface area (Å²) in [6.07, 6.45) is -3.41. The van der Waals surface area contributed by atoms with E-state index < -0.39 is 18.5 Å². The van der Waals surface area contributed by atoms with Crippen molar-refractivity contribution in [1.82, 2.24) is 10.3 Å². The molecule has 0 fully saturated rings. The van der Waals surface area contributed by atoms with E-state index in [2.05, 4.69) is 10.3 Å². The highest BCUT2D eigenvalue weighted by atomic mass is 19.4. The van der Waals surface area contributed by atoms with Gasteiger partial charge in [-0.05, 0) is 6.07 Å². The first kappa shape index (κ1) is 15.7. The lowest BCUT2D eigenvalue weighted by atomic mass is 10.2. The molecule has 1 N–H and O–H groups in total. The Morgan fingerprint density at radius 3 is 2.53 bits per heavy atom. The van der Waals surface area contributed by atoms with Crippen molar-refractivity contribution >= 4 is 5.82 Å². The van der Waals surface area contributed by atoms with Crippen LogP contribution in [0.2, 0.25) is 0 Å². The highest BCUT2D eigenvalue weighted by molar-refractivity contribution is 5.46. The van der Waals surface area contributed by atoms with Crippen LogP contribution >= 0.6 is 0 Å². The van der Waals surface area contributed by atoms with Gasteiger partial charge < -0.3 is 10.2 Å². The zero-order chi connectivity index (χ0) is 14.6. The Kier molecular flexibility index (Phi) is 5.11. The molecule has 0 aliphatic carbocycles. The van der Waals surface area contributed by atoms with Crippen LogP contribution in [-0.2, 0) is 6.54 Å². The molecule has 0 unspecified atom stereocenters. The molecule has 0 aliphatic heterocycles. The van der Waals surface area contributed by atoms with Gasteiger partial charge in [-0.2, -0.15) is 13.2 Å². The predicted octanol–water partition coefficient (Wildman–Crippen LogP) is 2.72. The molecule has 108 valence electrons. The Hall–Kier alpha value is -1.37. The molecule has 1 aromatic rings. The molecule has 1 aromatic heterocycles. The van der Waals surface area contributed by atoms with Gasteiger partial charge in [-0.3, -0.25) is 0 Å². The topological polar surface area (TPSA) is 28.2 Å². The number of alkyl halides is 3. The number of halogens is 4. The number of hydrogen-bond donors (Lipinski definition) is 1. The molecule has 7 heteroatoms. The van der Waals surface area contributed by atoms with Gasteiger partial charge in [0.15, 0.2) is 0 Å². The van der Waals surface area contributed by atoms with Gasteiger partial charge in [0.25, 0.3) is 0 Å². The van der Waals surface area contributed by atoms with Crippen LogP contribution in [0.1, 0.15) is 19.4 Å². The highest BCUT2D eigenvalue weighted by Gasteiger charge is 2.30. The number of hydrogen-bond acceptors (Lipinski definition) is 3. The van der Waals surface area contributed by atoms with Crippen molar-refractivity contribution in [3.8, 4) is 0 Å². The van der Waals surface area contributed by atoms with Crippen LogP contribution in [0.3, 0.4) is 0 Å². The summed E-state index contributed by atoms with van der Waals surface area (Å²) < 4.78 is 50.2. The molecular weight excluding hydrogens is 262 g/mol. The van der Waals surface area contributed by atoms with Gasteiger partial charge in [-0.15, -0.1) is 0 Å². The van der Waals surface area contributed by atoms with Crippen LogP contribution in [0.4, 0.5) is 23.4 Å². The van der Waals surface area contributed by atoms with E-state index in [-0.39, 0.29) is 18.4 Å². The fourth-order valence-corrected chi connectivity index (χ4v) is 1.61. The molecule has 0 bridgehead atoms. The Morgan fingerprint density at radius 1 is 1.37 bits per heavy atom. The van der Waals surface area contributed by atoms with Crippen LogP contribution in [-0.4, -0.2) is 30.8 Å². The van der Waals surface area contributed by atoms with Gasteiger partial charge in [0, 0.05) is 25.2 Å². The second-order valence-electron chi connectivity index (χ2n) is 4.64. The summed E-state index contributed by atoms with van der Waals surface area (Å²) in [5, 5.41) is 3.03. The van der Waals surface area contributed by atoms with Gasteiger partial charge in [-0.25, -0.2) is 9.37 Å². The van der Waals surface area contributed by atoms with Gasteiger partial charge in [0.1, 0.15) is 18.2 Å². The quantitative estimate of drug-likeness (QED) is 0.840. The summed E-state index contributed by atoms with van der Waals surface area (Å²) in [6, 6.07) is 1.34. The zero-order valence-corrected chi connectivity index (χ0v) is 11.1. The summed E-state index contributed by atoms with van der Waals surface area (Å²) in [6.45, 7) is 2.93. The minimum atomic E-state index is -4.33. The number of aromatic nitrogens is 1. The molecule has 0 radical (unpaired) electrons. The molecule has 0 amide bonds. The minimum absolute atomic E-state index is 0.131. The molecule has 3 nitrogen and oxygen atoms in total. The maximum absolute atomic E-state index is 13.1. The molecule has 1 rings (SSSR count). The lowest BCUT2D eigenvalue weighted by Gasteiger charge is -2.23. The number of nitrogens with one attached hydrogen (secondary N) is 1. The van der Waals surface area contributed by atoms with Crippen molar-refractivity contribution in [3.63, 3.8) is 0 Å². The van der Waals surface area contributed by atoms with Crippen LogP contribution in [0.25, 0.3) is 0 Å². The van der Waals surface area contributed by atoms with Crippen molar-refractivity contribution in [3.05, 3.63) is 23.6 Å². The van der Waals surface area contributed by atoms with E-state index in [9.17, 15) is 17.6 Å². The highest BCUT2D eigenvalue weighted by Crippen LogP contribution is 2.22. The van der Waals surface area contributed by atoms with E-state index in [1.807, 2.05) is 13.8 Å². The Balaban J connectivity index is 2.92. The second kappa shape index (κ2) is 6.18. The van der Waals surface area contributed by atoms with E-state index in [1.54, 1.807) is 0 Å². The van der Waals surface area contributed by atoms with Crippen LogP contribution in [0, 0.1) is 5.82 Å². The third-order valence-corrected chi connectivity index (χ3v) is 2.39. The Labute approximate surface area is 109 Å². The van der Waals surface area contributed by atoms with Gasteiger partial charge >= 0.3 is 6.18 Å². The second-order valence-corrected chi connectivity index (χ2v) is 4.64. The SMILES string of the molecule is CC(C)NCc1cc(F)cnc1N(C)CC(F)(F)F. The molecule has 0 aromatic carbocycles. The van der Waals surface area contributed by atoms with Crippen molar-refractivity contribution < 1.29 is 17.6 Å². The lowest BCUT2D eigenvalue weighted by molar-refractivity contribution is -0.119. The zero-order valence-electron chi connectivity index (χ0n) is 11.1. The number of pyridine rings is 1. The van der Waals surface area contributed by atoms with E-state index in [0.717, 1.165) is 11.1 Å². The lowest BCUT2D eigenvalue weighted by Crippen LogP contribution is -2.33. The molecule has 1 heterocycles. The Bertz CT molecular complexity index is 418. The molecule has 0 spiro atoms. The van der Waals surface area contributed by atoms with Crippen molar-refractivity contribution in [1.29, 1.82) is 0 Å². The van der Waals surface area contributed by atoms with Crippen molar-refractivity contribution in [2.24, 2.45) is 0 Å². The first-order chi connectivity index (χ1) is 8.69. The Morgan fingerprint density at radius 2 is 2.00 bits per heavy atom. The fraction of sp³-hybridized carbons (Fsp3) is 0.583. The number of anilines is 1. The standard InChI is InChI=1S/C12H17F4N3/c1-8(2)17-5-9-4-10(13)6-18-11(9)19(3)7-12(14,15)16/h4,6,8,17H,5,7H2,1-3H3. The molecule has 19 heavy (non-hydrogen) atoms. The summed E-state index contributed by atoms with van der Waals surface area (Å²) in [5.41, 5.74) is 0.403. The normalized spacial score (nSPS) is 12.0. The summed E-state index contributed by atoms with van der Waals surface area (Å²) in [4.78, 5) is 4.72. The third-order valence-electron chi connectivity index (χ3n) is 2.39. The van der Waals surface area contributed by atoms with Gasteiger partial charge in [-0.1, -0.05) is 13.8 Å². The van der Waals surface area contributed by atoms with E-state index in [4.69, 9.17) is 0 Å². The first-order valence-corrected chi connectivity index (χ1v) is 5.84. The summed E-state index contributed by atoms with van der Waals surface area (Å²) in [5.74, 6) is -0.434. The predicted molar refractivity (Wildman–Crippen MR) is 65.5 cm³/mol. The van der Waals surface area contributed by atoms with Crippen LogP contribution in [0.15, 0.2) is 12.3 Å². The summed E-state index contributed by atoms with van der Waals surface area (Å²) in [7, 11) is 1.28. The first-order valence-electron chi connectivity index (χ1n) is 5.84. The van der Waals surface area contributed by atoms with Crippen molar-refractivity contribution in [2.45, 2.75) is 32.6 Å². The molecule has 0 saturated heterocycles. The molecule has 0 atom stereocenters. The molecule has 0 saturated carbocycles. The van der Waals surface area contributed by atoms with Crippen LogP contribution in [0.5, 0.6) is 0 Å². The van der Waals surface area contributed by atoms with Gasteiger partial charge in [0.05, 0.1) is 6.20 Å². The smallest absolute Gasteiger partial charge is 0.350 e. The van der Waals surface area contributed by atoms with Crippen molar-refractivity contribution in [2.75, 3.05) is 18.5 Å². The monoisotopic (exact) mass is 279 g/mol. The maximum atomic E-state index is 13.1. The van der Waals surface area contributed by atoms with E-state index in [0.29, 0.717) is 5.56 Å². The molecule has 0 aliphatic rings. The fourth-order valence-electron chi connectivity index (χ4n) is 1.61.